The summed E-state index contributed by atoms with van der Waals surface area (Å²) in [5, 5.41) is 13.9. The zero-order valence-electron chi connectivity index (χ0n) is 21.5. The summed E-state index contributed by atoms with van der Waals surface area (Å²) in [5.41, 5.74) is 5.12. The Kier molecular flexibility index (Phi) is 10.5. The smallest absolute Gasteiger partial charge is 0.413 e. The number of nitrogens with zero attached hydrogens (tertiary/aromatic N) is 2. The van der Waals surface area contributed by atoms with Crippen molar-refractivity contribution in [2.24, 2.45) is 0 Å². The number of amides is 1. The fourth-order valence-corrected chi connectivity index (χ4v) is 5.01. The zero-order valence-corrected chi connectivity index (χ0v) is 24.7. The number of pyridine rings is 1. The molecule has 35 heavy (non-hydrogen) atoms. The van der Waals surface area contributed by atoms with Gasteiger partial charge in [-0.25, -0.2) is 4.79 Å². The average molecular weight is 609 g/mol. The normalized spacial score (nSPS) is 11.9. The lowest BCUT2D eigenvalue weighted by Crippen LogP contribution is -2.36. The Morgan fingerprint density at radius 2 is 2.06 bits per heavy atom. The molecule has 0 bridgehead atoms. The molecule has 8 heteroatoms. The number of unbranched alkanes of at least 4 members (excludes halogenated alkanes) is 2. The molecule has 3 heterocycles. The summed E-state index contributed by atoms with van der Waals surface area (Å²) < 4.78 is 7.59. The standard InChI is InChI=1S/C27H36N4O2S.HI/c1-7-9-10-11-19(8-2)24-18(3)31(23-12-13-29-15-22(23)24)16-21-14-20(17-34-21)25(28)30-26(32)33-27(4,5)6;/h8,12-15,17H,7,9-11,16H2,1-6H3,(H2,28,30,32);1H. The third-order valence-corrected chi connectivity index (χ3v) is 6.65. The fraction of sp³-hybridized carbons (Fsp3) is 0.444. The van der Waals surface area contributed by atoms with E-state index >= 15 is 0 Å². The molecule has 190 valence electrons. The third kappa shape index (κ3) is 7.39. The number of hydrogen-bond donors (Lipinski definition) is 2. The maximum absolute atomic E-state index is 12.0. The molecule has 3 aromatic heterocycles. The van der Waals surface area contributed by atoms with Crippen molar-refractivity contribution in [3.05, 3.63) is 57.7 Å². The highest BCUT2D eigenvalue weighted by Gasteiger charge is 2.20. The highest BCUT2D eigenvalue weighted by Crippen LogP contribution is 2.34. The molecule has 0 aliphatic carbocycles. The second-order valence-electron chi connectivity index (χ2n) is 9.51. The molecule has 0 spiro atoms. The number of aromatic nitrogens is 2. The maximum Gasteiger partial charge on any atom is 0.413 e. The van der Waals surface area contributed by atoms with E-state index in [1.165, 1.54) is 41.5 Å². The van der Waals surface area contributed by atoms with E-state index in [2.05, 4.69) is 47.8 Å². The number of nitrogens with one attached hydrogen (secondary N) is 2. The molecule has 0 saturated heterocycles. The fourth-order valence-electron chi connectivity index (χ4n) is 4.14. The molecule has 0 saturated carbocycles. The zero-order chi connectivity index (χ0) is 24.9. The van der Waals surface area contributed by atoms with Crippen LogP contribution in [0.5, 0.6) is 0 Å². The van der Waals surface area contributed by atoms with Crippen molar-refractivity contribution in [1.82, 2.24) is 14.9 Å². The predicted molar refractivity (Wildman–Crippen MR) is 157 cm³/mol. The van der Waals surface area contributed by atoms with Crippen LogP contribution in [-0.4, -0.2) is 27.1 Å². The van der Waals surface area contributed by atoms with Gasteiger partial charge in [0.1, 0.15) is 11.4 Å². The first-order valence-corrected chi connectivity index (χ1v) is 12.8. The minimum atomic E-state index is -0.614. The molecule has 2 N–H and O–H groups in total. The molecule has 0 unspecified atom stereocenters. The van der Waals surface area contributed by atoms with Crippen molar-refractivity contribution in [2.45, 2.75) is 79.4 Å². The van der Waals surface area contributed by atoms with Gasteiger partial charge in [-0.3, -0.25) is 15.7 Å². The largest absolute Gasteiger partial charge is 0.444 e. The first-order valence-electron chi connectivity index (χ1n) is 11.9. The third-order valence-electron chi connectivity index (χ3n) is 5.73. The van der Waals surface area contributed by atoms with E-state index in [4.69, 9.17) is 10.1 Å². The van der Waals surface area contributed by atoms with Gasteiger partial charge in [-0.1, -0.05) is 25.8 Å². The number of ether oxygens (including phenoxy) is 1. The Bertz CT molecular complexity index is 1200. The number of fused-ring (bicyclic) bond motifs is 1. The molecule has 6 nitrogen and oxygen atoms in total. The van der Waals surface area contributed by atoms with Gasteiger partial charge in [-0.2, -0.15) is 0 Å². The molecule has 0 aliphatic rings. The van der Waals surface area contributed by atoms with Crippen LogP contribution in [0.2, 0.25) is 0 Å². The van der Waals surface area contributed by atoms with Gasteiger partial charge in [0.2, 0.25) is 0 Å². The Hall–Kier alpha value is -2.20. The number of hydrogen-bond acceptors (Lipinski definition) is 5. The number of carbonyl (C=O) groups excluding carboxylic acids is 1. The number of allylic oxidation sites excluding steroid dienone is 2. The summed E-state index contributed by atoms with van der Waals surface area (Å²) >= 11 is 1.59. The molecule has 3 aromatic rings. The van der Waals surface area contributed by atoms with Crippen LogP contribution < -0.4 is 5.32 Å². The van der Waals surface area contributed by atoms with E-state index in [1.54, 1.807) is 32.1 Å². The van der Waals surface area contributed by atoms with E-state index < -0.39 is 11.7 Å². The van der Waals surface area contributed by atoms with Crippen LogP contribution in [0.15, 0.2) is 36.0 Å². The number of halogens is 1. The second kappa shape index (κ2) is 12.7. The number of rotatable bonds is 8. The maximum atomic E-state index is 12.0. The minimum absolute atomic E-state index is 0. The van der Waals surface area contributed by atoms with Crippen LogP contribution in [0, 0.1) is 12.3 Å². The number of carbonyl (C=O) groups is 1. The van der Waals surface area contributed by atoms with Crippen LogP contribution in [0.4, 0.5) is 4.79 Å². The lowest BCUT2D eigenvalue weighted by atomic mass is 9.97. The lowest BCUT2D eigenvalue weighted by molar-refractivity contribution is 0.0563. The molecule has 0 aliphatic heterocycles. The van der Waals surface area contributed by atoms with E-state index in [9.17, 15) is 4.79 Å². The van der Waals surface area contributed by atoms with E-state index in [0.717, 1.165) is 16.8 Å². The van der Waals surface area contributed by atoms with E-state index in [1.807, 2.05) is 23.8 Å². The number of amidine groups is 1. The average Bonchev–Trinajstić information content (AvgIpc) is 3.34. The van der Waals surface area contributed by atoms with E-state index in [0.29, 0.717) is 12.1 Å². The highest BCUT2D eigenvalue weighted by atomic mass is 127. The summed E-state index contributed by atoms with van der Waals surface area (Å²) in [5.74, 6) is 0.0443. The van der Waals surface area contributed by atoms with Crippen LogP contribution in [0.3, 0.4) is 0 Å². The van der Waals surface area contributed by atoms with Crippen LogP contribution in [0.1, 0.15) is 82.0 Å². The predicted octanol–water partition coefficient (Wildman–Crippen LogP) is 7.91. The first-order chi connectivity index (χ1) is 16.1. The van der Waals surface area contributed by atoms with Gasteiger partial charge in [0, 0.05) is 44.9 Å². The Morgan fingerprint density at radius 3 is 2.71 bits per heavy atom. The highest BCUT2D eigenvalue weighted by molar-refractivity contribution is 14.0. The van der Waals surface area contributed by atoms with Gasteiger partial charge < -0.3 is 9.30 Å². The lowest BCUT2D eigenvalue weighted by Gasteiger charge is -2.19. The van der Waals surface area contributed by atoms with Gasteiger partial charge in [0.05, 0.1) is 12.1 Å². The van der Waals surface area contributed by atoms with Crippen LogP contribution in [0.25, 0.3) is 16.5 Å². The summed E-state index contributed by atoms with van der Waals surface area (Å²) in [6.45, 7) is 12.6. The summed E-state index contributed by atoms with van der Waals surface area (Å²) in [6, 6.07) is 4.04. The molecule has 0 fully saturated rings. The van der Waals surface area contributed by atoms with Crippen molar-refractivity contribution < 1.29 is 9.53 Å². The van der Waals surface area contributed by atoms with Gasteiger partial charge in [0.15, 0.2) is 0 Å². The van der Waals surface area contributed by atoms with Crippen molar-refractivity contribution in [3.8, 4) is 0 Å². The molecule has 3 rings (SSSR count). The van der Waals surface area contributed by atoms with Gasteiger partial charge >= 0.3 is 6.09 Å². The minimum Gasteiger partial charge on any atom is -0.444 e. The SMILES string of the molecule is CC=C(CCCCC)c1c(C)n(Cc2cc(C(=N)NC(=O)OC(C)(C)C)cs2)c2ccncc12.I. The number of alkyl carbamates (subject to hydrolysis) is 1. The Labute approximate surface area is 229 Å². The molecule has 1 amide bonds. The van der Waals surface area contributed by atoms with Gasteiger partial charge in [-0.15, -0.1) is 35.3 Å². The van der Waals surface area contributed by atoms with Crippen molar-refractivity contribution in [3.63, 3.8) is 0 Å². The van der Waals surface area contributed by atoms with Crippen molar-refractivity contribution >= 4 is 63.7 Å². The van der Waals surface area contributed by atoms with Crippen molar-refractivity contribution in [2.75, 3.05) is 0 Å². The molecular weight excluding hydrogens is 571 g/mol. The molecular formula is C27H37IN4O2S. The summed E-state index contributed by atoms with van der Waals surface area (Å²) in [6.07, 6.45) is 10.1. The quantitative estimate of drug-likeness (QED) is 0.118. The van der Waals surface area contributed by atoms with Crippen LogP contribution >= 0.6 is 35.3 Å². The topological polar surface area (TPSA) is 80.0 Å². The van der Waals surface area contributed by atoms with Crippen molar-refractivity contribution in [1.29, 1.82) is 5.41 Å². The Balaban J connectivity index is 0.00000432. The summed E-state index contributed by atoms with van der Waals surface area (Å²) in [7, 11) is 0. The molecule has 0 radical (unpaired) electrons. The summed E-state index contributed by atoms with van der Waals surface area (Å²) in [4.78, 5) is 17.6. The second-order valence-corrected chi connectivity index (χ2v) is 10.5. The van der Waals surface area contributed by atoms with Gasteiger partial charge in [0.25, 0.3) is 0 Å². The van der Waals surface area contributed by atoms with E-state index in [-0.39, 0.29) is 29.8 Å². The Morgan fingerprint density at radius 1 is 1.31 bits per heavy atom. The molecule has 0 atom stereocenters. The number of thiophene rings is 1. The van der Waals surface area contributed by atoms with Crippen LogP contribution in [-0.2, 0) is 11.3 Å². The van der Waals surface area contributed by atoms with Gasteiger partial charge in [-0.05, 0) is 65.2 Å². The monoisotopic (exact) mass is 608 g/mol. The first kappa shape index (κ1) is 29.0. The molecule has 0 aromatic carbocycles.